The van der Waals surface area contributed by atoms with Crippen LogP contribution in [0.4, 0.5) is 5.69 Å². The lowest BCUT2D eigenvalue weighted by Gasteiger charge is -2.20. The molecule has 2 N–H and O–H groups in total. The van der Waals surface area contributed by atoms with Gasteiger partial charge in [-0.25, -0.2) is 5.43 Å². The Labute approximate surface area is 171 Å². The fourth-order valence-corrected chi connectivity index (χ4v) is 3.41. The molecular weight excluding hydrogens is 366 g/mol. The van der Waals surface area contributed by atoms with Gasteiger partial charge in [0.15, 0.2) is 0 Å². The quantitative estimate of drug-likeness (QED) is 0.541. The van der Waals surface area contributed by atoms with Crippen molar-refractivity contribution >= 4 is 23.7 Å². The van der Waals surface area contributed by atoms with Crippen LogP contribution in [0.5, 0.6) is 5.75 Å². The molecule has 0 heterocycles. The van der Waals surface area contributed by atoms with Gasteiger partial charge >= 0.3 is 0 Å². The first-order valence-corrected chi connectivity index (χ1v) is 10.1. The van der Waals surface area contributed by atoms with Gasteiger partial charge in [-0.05, 0) is 56.2 Å². The topological polar surface area (TPSA) is 79.8 Å². The molecule has 1 fully saturated rings. The number of hydrogen-bond donors (Lipinski definition) is 2. The van der Waals surface area contributed by atoms with Crippen molar-refractivity contribution in [1.82, 2.24) is 5.43 Å². The number of amides is 2. The van der Waals surface area contributed by atoms with Gasteiger partial charge in [0.1, 0.15) is 5.75 Å². The predicted molar refractivity (Wildman–Crippen MR) is 114 cm³/mol. The zero-order chi connectivity index (χ0) is 20.5. The van der Waals surface area contributed by atoms with E-state index in [2.05, 4.69) is 15.8 Å². The van der Waals surface area contributed by atoms with E-state index in [9.17, 15) is 9.59 Å². The lowest BCUT2D eigenvalue weighted by Crippen LogP contribution is -2.24. The zero-order valence-corrected chi connectivity index (χ0v) is 16.7. The second-order valence-corrected chi connectivity index (χ2v) is 7.07. The first kappa shape index (κ1) is 20.6. The Balaban J connectivity index is 1.54. The number of hydrogen-bond acceptors (Lipinski definition) is 4. The molecule has 6 nitrogen and oxygen atoms in total. The Morgan fingerprint density at radius 2 is 1.79 bits per heavy atom. The van der Waals surface area contributed by atoms with Crippen molar-refractivity contribution in [3.63, 3.8) is 0 Å². The SMILES string of the molecule is CCOc1ccccc1C=NNC(=O)c1ccc(NC(=O)C2CCCCC2)cc1. The standard InChI is InChI=1S/C23H27N3O3/c1-2-29-21-11-7-6-10-19(21)16-24-26-23(28)18-12-14-20(15-13-18)25-22(27)17-8-4-3-5-9-17/h6-7,10-17H,2-5,8-9H2,1H3,(H,25,27)(H,26,28). The van der Waals surface area contributed by atoms with E-state index >= 15 is 0 Å². The van der Waals surface area contributed by atoms with Crippen LogP contribution in [-0.2, 0) is 4.79 Å². The monoisotopic (exact) mass is 393 g/mol. The fourth-order valence-electron chi connectivity index (χ4n) is 3.41. The molecule has 2 amide bonds. The highest BCUT2D eigenvalue weighted by Gasteiger charge is 2.21. The van der Waals surface area contributed by atoms with Crippen molar-refractivity contribution in [3.8, 4) is 5.75 Å². The van der Waals surface area contributed by atoms with Crippen molar-refractivity contribution in [2.75, 3.05) is 11.9 Å². The van der Waals surface area contributed by atoms with E-state index in [0.717, 1.165) is 31.2 Å². The molecule has 0 saturated heterocycles. The van der Waals surface area contributed by atoms with Crippen LogP contribution in [0.25, 0.3) is 0 Å². The minimum Gasteiger partial charge on any atom is -0.493 e. The van der Waals surface area contributed by atoms with Gasteiger partial charge in [-0.3, -0.25) is 9.59 Å². The summed E-state index contributed by atoms with van der Waals surface area (Å²) < 4.78 is 5.53. The number of hydrazone groups is 1. The smallest absolute Gasteiger partial charge is 0.271 e. The lowest BCUT2D eigenvalue weighted by atomic mass is 9.88. The van der Waals surface area contributed by atoms with Gasteiger partial charge in [-0.2, -0.15) is 5.10 Å². The number of carbonyl (C=O) groups excluding carboxylic acids is 2. The molecule has 0 bridgehead atoms. The molecule has 1 saturated carbocycles. The third-order valence-electron chi connectivity index (χ3n) is 4.98. The number of ether oxygens (including phenoxy) is 1. The highest BCUT2D eigenvalue weighted by atomic mass is 16.5. The molecule has 0 aromatic heterocycles. The first-order chi connectivity index (χ1) is 14.2. The molecule has 152 valence electrons. The molecule has 6 heteroatoms. The van der Waals surface area contributed by atoms with Crippen LogP contribution >= 0.6 is 0 Å². The average molecular weight is 393 g/mol. The molecule has 3 rings (SSSR count). The molecule has 0 radical (unpaired) electrons. The summed E-state index contributed by atoms with van der Waals surface area (Å²) in [5.74, 6) is 0.562. The van der Waals surface area contributed by atoms with Gasteiger partial charge in [0.25, 0.3) is 5.91 Å². The molecule has 29 heavy (non-hydrogen) atoms. The van der Waals surface area contributed by atoms with E-state index in [-0.39, 0.29) is 17.7 Å². The fraction of sp³-hybridized carbons (Fsp3) is 0.348. The molecule has 2 aromatic carbocycles. The second-order valence-electron chi connectivity index (χ2n) is 7.07. The van der Waals surface area contributed by atoms with Gasteiger partial charge in [0, 0.05) is 22.7 Å². The van der Waals surface area contributed by atoms with Crippen molar-refractivity contribution in [3.05, 3.63) is 59.7 Å². The van der Waals surface area contributed by atoms with Crippen LogP contribution in [0.1, 0.15) is 54.9 Å². The number of carbonyl (C=O) groups is 2. The number of rotatable bonds is 7. The Morgan fingerprint density at radius 3 is 2.52 bits per heavy atom. The highest BCUT2D eigenvalue weighted by Crippen LogP contribution is 2.25. The largest absolute Gasteiger partial charge is 0.493 e. The summed E-state index contributed by atoms with van der Waals surface area (Å²) in [4.78, 5) is 24.6. The van der Waals surface area contributed by atoms with Crippen molar-refractivity contribution in [1.29, 1.82) is 0 Å². The van der Waals surface area contributed by atoms with Crippen molar-refractivity contribution < 1.29 is 14.3 Å². The van der Waals surface area contributed by atoms with Crippen LogP contribution < -0.4 is 15.5 Å². The lowest BCUT2D eigenvalue weighted by molar-refractivity contribution is -0.120. The van der Waals surface area contributed by atoms with E-state index in [0.29, 0.717) is 23.6 Å². The van der Waals surface area contributed by atoms with Crippen LogP contribution in [0.3, 0.4) is 0 Å². The van der Waals surface area contributed by atoms with E-state index in [1.165, 1.54) is 6.42 Å². The van der Waals surface area contributed by atoms with Gasteiger partial charge in [-0.1, -0.05) is 31.4 Å². The van der Waals surface area contributed by atoms with Crippen molar-refractivity contribution in [2.45, 2.75) is 39.0 Å². The molecule has 1 aliphatic rings. The number of benzene rings is 2. The Kier molecular flexibility index (Phi) is 7.39. The van der Waals surface area contributed by atoms with Gasteiger partial charge < -0.3 is 10.1 Å². The van der Waals surface area contributed by atoms with Crippen LogP contribution in [-0.4, -0.2) is 24.6 Å². The highest BCUT2D eigenvalue weighted by molar-refractivity contribution is 5.96. The summed E-state index contributed by atoms with van der Waals surface area (Å²) >= 11 is 0. The average Bonchev–Trinajstić information content (AvgIpc) is 2.76. The third-order valence-corrected chi connectivity index (χ3v) is 4.98. The minimum atomic E-state index is -0.319. The maximum Gasteiger partial charge on any atom is 0.271 e. The van der Waals surface area contributed by atoms with E-state index in [1.54, 1.807) is 30.5 Å². The van der Waals surface area contributed by atoms with Crippen LogP contribution in [0.2, 0.25) is 0 Å². The molecule has 1 aliphatic carbocycles. The maximum absolute atomic E-state index is 12.3. The number of nitrogens with zero attached hydrogens (tertiary/aromatic N) is 1. The zero-order valence-electron chi connectivity index (χ0n) is 16.7. The number of para-hydroxylation sites is 1. The summed E-state index contributed by atoms with van der Waals surface area (Å²) in [6.07, 6.45) is 6.92. The van der Waals surface area contributed by atoms with Gasteiger partial charge in [0.05, 0.1) is 12.8 Å². The number of nitrogens with one attached hydrogen (secondary N) is 2. The Morgan fingerprint density at radius 1 is 1.07 bits per heavy atom. The third kappa shape index (κ3) is 5.91. The van der Waals surface area contributed by atoms with Crippen LogP contribution in [0.15, 0.2) is 53.6 Å². The Hall–Kier alpha value is -3.15. The van der Waals surface area contributed by atoms with Gasteiger partial charge in [0.2, 0.25) is 5.91 Å². The summed E-state index contributed by atoms with van der Waals surface area (Å²) in [7, 11) is 0. The molecule has 2 aromatic rings. The predicted octanol–water partition coefficient (Wildman–Crippen LogP) is 4.37. The summed E-state index contributed by atoms with van der Waals surface area (Å²) in [6.45, 7) is 2.47. The van der Waals surface area contributed by atoms with E-state index < -0.39 is 0 Å². The van der Waals surface area contributed by atoms with Gasteiger partial charge in [-0.15, -0.1) is 0 Å². The first-order valence-electron chi connectivity index (χ1n) is 10.1. The number of anilines is 1. The summed E-state index contributed by atoms with van der Waals surface area (Å²) in [5, 5.41) is 6.96. The molecule has 0 unspecified atom stereocenters. The minimum absolute atomic E-state index is 0.0689. The molecule has 0 spiro atoms. The summed E-state index contributed by atoms with van der Waals surface area (Å²) in [5.41, 5.74) is 4.47. The van der Waals surface area contributed by atoms with E-state index in [4.69, 9.17) is 4.74 Å². The van der Waals surface area contributed by atoms with Crippen LogP contribution in [0, 0.1) is 5.92 Å². The summed E-state index contributed by atoms with van der Waals surface area (Å²) in [6, 6.07) is 14.3. The van der Waals surface area contributed by atoms with E-state index in [1.807, 2.05) is 31.2 Å². The molecular formula is C23H27N3O3. The maximum atomic E-state index is 12.3. The Bertz CT molecular complexity index is 856. The molecule has 0 atom stereocenters. The normalized spacial score (nSPS) is 14.5. The van der Waals surface area contributed by atoms with Crippen molar-refractivity contribution in [2.24, 2.45) is 11.0 Å². The second kappa shape index (κ2) is 10.4. The molecule has 0 aliphatic heterocycles.